The molecule has 0 fully saturated rings. The zero-order chi connectivity index (χ0) is 27.9. The molecule has 5 N–H and O–H groups in total. The molecule has 1 aliphatic heterocycles. The van der Waals surface area contributed by atoms with Crippen LogP contribution in [0.15, 0.2) is 59.7 Å². The number of nitrogens with one attached hydrogen (secondary N) is 2. The number of halogens is 1. The van der Waals surface area contributed by atoms with Crippen LogP contribution in [-0.4, -0.2) is 48.4 Å². The average Bonchev–Trinajstić information content (AvgIpc) is 3.32. The first-order valence-corrected chi connectivity index (χ1v) is 11.8. The number of aromatic amines is 1. The van der Waals surface area contributed by atoms with Crippen molar-refractivity contribution < 1.29 is 23.8 Å². The molecule has 0 aliphatic carbocycles. The average molecular weight is 536 g/mol. The van der Waals surface area contributed by atoms with Gasteiger partial charge in [-0.25, -0.2) is 19.2 Å². The third kappa shape index (κ3) is 6.51. The van der Waals surface area contributed by atoms with Crippen LogP contribution < -0.4 is 16.2 Å². The molecule has 13 heteroatoms. The Morgan fingerprint density at radius 2 is 1.95 bits per heavy atom. The van der Waals surface area contributed by atoms with Crippen molar-refractivity contribution in [1.29, 1.82) is 5.41 Å². The number of nitrogens with zero attached hydrogens (tertiary/aromatic N) is 4. The number of carboxylic acids is 1. The smallest absolute Gasteiger partial charge is 0.350 e. The second-order valence-electron chi connectivity index (χ2n) is 8.57. The molecule has 0 spiro atoms. The van der Waals surface area contributed by atoms with E-state index in [0.717, 1.165) is 28.3 Å². The minimum absolute atomic E-state index is 0.0266. The molecule has 1 atom stereocenters. The van der Waals surface area contributed by atoms with Gasteiger partial charge in [0.25, 0.3) is 11.9 Å². The van der Waals surface area contributed by atoms with Gasteiger partial charge in [-0.1, -0.05) is 24.3 Å². The molecule has 0 bridgehead atoms. The van der Waals surface area contributed by atoms with Crippen LogP contribution in [-0.2, 0) is 29.2 Å². The van der Waals surface area contributed by atoms with E-state index in [2.05, 4.69) is 20.1 Å². The molecule has 1 aliphatic rings. The van der Waals surface area contributed by atoms with Crippen molar-refractivity contribution in [3.8, 4) is 11.7 Å². The highest BCUT2D eigenvalue weighted by Crippen LogP contribution is 2.35. The largest absolute Gasteiger partial charge is 0.481 e. The molecule has 0 saturated carbocycles. The predicted molar refractivity (Wildman–Crippen MR) is 138 cm³/mol. The van der Waals surface area contributed by atoms with Crippen LogP contribution in [0.1, 0.15) is 46.5 Å². The van der Waals surface area contributed by atoms with Crippen molar-refractivity contribution in [2.24, 2.45) is 5.73 Å². The van der Waals surface area contributed by atoms with E-state index in [0.29, 0.717) is 35.7 Å². The summed E-state index contributed by atoms with van der Waals surface area (Å²) in [6.07, 6.45) is 3.48. The number of alkyl halides is 1. The Labute approximate surface area is 221 Å². The van der Waals surface area contributed by atoms with Crippen LogP contribution in [0.3, 0.4) is 0 Å². The number of hydrogen-bond donors (Lipinski definition) is 4. The Hall–Kier alpha value is -4.91. The van der Waals surface area contributed by atoms with Gasteiger partial charge in [-0.3, -0.25) is 15.2 Å². The topological polar surface area (TPSA) is 182 Å². The van der Waals surface area contributed by atoms with Crippen LogP contribution in [0.5, 0.6) is 5.75 Å². The van der Waals surface area contributed by atoms with Gasteiger partial charge in [-0.2, -0.15) is 0 Å². The molecule has 2 aromatic heterocycles. The molecule has 202 valence electrons. The Morgan fingerprint density at radius 1 is 1.26 bits per heavy atom. The first-order chi connectivity index (χ1) is 18.8. The van der Waals surface area contributed by atoms with Gasteiger partial charge >= 0.3 is 5.69 Å². The molecule has 0 saturated heterocycles. The number of nitrogens with two attached hydrogens (primary N) is 1. The lowest BCUT2D eigenvalue weighted by atomic mass is 9.88. The summed E-state index contributed by atoms with van der Waals surface area (Å²) >= 11 is 0. The summed E-state index contributed by atoms with van der Waals surface area (Å²) in [5.41, 5.74) is 8.49. The van der Waals surface area contributed by atoms with Crippen LogP contribution in [0.4, 0.5) is 4.39 Å². The minimum Gasteiger partial charge on any atom is -0.481 e. The number of amidine groups is 1. The van der Waals surface area contributed by atoms with E-state index >= 15 is 0 Å². The van der Waals surface area contributed by atoms with E-state index in [-0.39, 0.29) is 18.6 Å². The maximum Gasteiger partial charge on any atom is 0.350 e. The zero-order valence-corrected chi connectivity index (χ0v) is 20.9. The van der Waals surface area contributed by atoms with E-state index < -0.39 is 24.3 Å². The normalized spacial score (nSPS) is 12.9. The van der Waals surface area contributed by atoms with Crippen molar-refractivity contribution in [1.82, 2.24) is 24.7 Å². The number of fused-ring (bicyclic) bond motifs is 1. The summed E-state index contributed by atoms with van der Waals surface area (Å²) in [5.74, 6) is -0.291. The monoisotopic (exact) mass is 535 g/mol. The number of carbonyl (C=O) groups is 1. The Kier molecular flexibility index (Phi) is 8.41. The minimum atomic E-state index is -0.833. The molecule has 2 aromatic carbocycles. The lowest BCUT2D eigenvalue weighted by molar-refractivity contribution is -0.134. The highest BCUT2D eigenvalue weighted by Gasteiger charge is 2.25. The molecule has 4 aromatic rings. The number of aromatic nitrogens is 5. The fourth-order valence-corrected chi connectivity index (χ4v) is 4.09. The van der Waals surface area contributed by atoms with Crippen molar-refractivity contribution >= 4 is 11.8 Å². The van der Waals surface area contributed by atoms with Gasteiger partial charge in [0.05, 0.1) is 6.61 Å². The third-order valence-corrected chi connectivity index (χ3v) is 5.77. The Morgan fingerprint density at radius 3 is 2.59 bits per heavy atom. The second kappa shape index (κ2) is 12.1. The van der Waals surface area contributed by atoms with Gasteiger partial charge in [0.1, 0.15) is 24.1 Å². The van der Waals surface area contributed by atoms with Crippen molar-refractivity contribution in [3.05, 3.63) is 99.0 Å². The summed E-state index contributed by atoms with van der Waals surface area (Å²) in [7, 11) is 0. The van der Waals surface area contributed by atoms with Gasteiger partial charge in [-0.05, 0) is 35.7 Å². The zero-order valence-electron chi connectivity index (χ0n) is 20.9. The SMILES string of the molecule is CC(=O)O.N=C(N)c1ccc(CC(c2cc(CF)c3c(c2)COCO3)c2nn(-c3ncccn3)c(=O)[nH]2)cc1. The molecular weight excluding hydrogens is 509 g/mol. The van der Waals surface area contributed by atoms with Crippen molar-refractivity contribution in [2.45, 2.75) is 32.5 Å². The number of aliphatic carboxylic acids is 1. The number of hydrogen-bond acceptors (Lipinski definition) is 8. The van der Waals surface area contributed by atoms with E-state index in [4.69, 9.17) is 30.5 Å². The number of ether oxygens (including phenoxy) is 2. The molecule has 3 heterocycles. The fourth-order valence-electron chi connectivity index (χ4n) is 4.09. The lowest BCUT2D eigenvalue weighted by Gasteiger charge is -2.23. The molecular formula is C26H26FN7O5. The number of carboxylic acid groups (broad SMARTS) is 1. The molecule has 0 amide bonds. The maximum atomic E-state index is 13.9. The predicted octanol–water partition coefficient (Wildman–Crippen LogP) is 2.44. The molecule has 0 radical (unpaired) electrons. The highest BCUT2D eigenvalue weighted by atomic mass is 19.1. The van der Waals surface area contributed by atoms with Crippen LogP contribution in [0, 0.1) is 5.41 Å². The van der Waals surface area contributed by atoms with E-state index in [1.54, 1.807) is 24.3 Å². The number of nitrogen functional groups attached to an aromatic ring is 1. The van der Waals surface area contributed by atoms with E-state index in [9.17, 15) is 9.18 Å². The molecule has 1 unspecified atom stereocenters. The molecule has 39 heavy (non-hydrogen) atoms. The first-order valence-electron chi connectivity index (χ1n) is 11.8. The van der Waals surface area contributed by atoms with Gasteiger partial charge in [0.2, 0.25) is 0 Å². The maximum absolute atomic E-state index is 13.9. The Bertz CT molecular complexity index is 1500. The van der Waals surface area contributed by atoms with Gasteiger partial charge in [0, 0.05) is 41.9 Å². The number of rotatable bonds is 7. The first kappa shape index (κ1) is 27.1. The second-order valence-corrected chi connectivity index (χ2v) is 8.57. The third-order valence-electron chi connectivity index (χ3n) is 5.77. The van der Waals surface area contributed by atoms with Crippen molar-refractivity contribution in [3.63, 3.8) is 0 Å². The quantitative estimate of drug-likeness (QED) is 0.204. The van der Waals surface area contributed by atoms with Crippen LogP contribution in [0.25, 0.3) is 5.95 Å². The van der Waals surface area contributed by atoms with Gasteiger partial charge in [0.15, 0.2) is 6.79 Å². The van der Waals surface area contributed by atoms with Crippen LogP contribution in [0.2, 0.25) is 0 Å². The summed E-state index contributed by atoms with van der Waals surface area (Å²) < 4.78 is 26.0. The highest BCUT2D eigenvalue weighted by molar-refractivity contribution is 5.94. The standard InChI is InChI=1S/C24H22FN7O3.C2H4O2/c25-11-17-9-16(10-18-12-34-13-35-20(17)18)19(8-14-2-4-15(5-3-14)21(26)27)22-30-24(33)32(31-22)23-28-6-1-7-29-23;1-2(3)4/h1-7,9-10,19H,8,11-13H2,(H3,26,27)(H,30,31,33);1H3,(H,3,4). The summed E-state index contributed by atoms with van der Waals surface area (Å²) in [5, 5.41) is 19.5. The van der Waals surface area contributed by atoms with Gasteiger partial charge < -0.3 is 20.3 Å². The summed E-state index contributed by atoms with van der Waals surface area (Å²) in [4.78, 5) is 32.8. The fraction of sp³-hybridized carbons (Fsp3) is 0.231. The number of H-pyrrole nitrogens is 1. The van der Waals surface area contributed by atoms with Gasteiger partial charge in [-0.15, -0.1) is 9.78 Å². The molecule has 5 rings (SSSR count). The van der Waals surface area contributed by atoms with E-state index in [1.165, 1.54) is 12.4 Å². The van der Waals surface area contributed by atoms with Crippen LogP contribution >= 0.6 is 0 Å². The summed E-state index contributed by atoms with van der Waals surface area (Å²) in [6.45, 7) is 0.734. The summed E-state index contributed by atoms with van der Waals surface area (Å²) in [6, 6.07) is 12.5. The Balaban J connectivity index is 0.000000826. The van der Waals surface area contributed by atoms with Crippen molar-refractivity contribution in [2.75, 3.05) is 6.79 Å². The van der Waals surface area contributed by atoms with E-state index in [1.807, 2.05) is 18.2 Å². The molecule has 12 nitrogen and oxygen atoms in total. The lowest BCUT2D eigenvalue weighted by Crippen LogP contribution is -2.18. The number of benzene rings is 2.